The molecule has 0 heterocycles. The zero-order valence-corrected chi connectivity index (χ0v) is 18.2. The van der Waals surface area contributed by atoms with Crippen molar-refractivity contribution in [2.45, 2.75) is 25.8 Å². The molecule has 2 N–H and O–H groups in total. The number of benzene rings is 2. The van der Waals surface area contributed by atoms with E-state index in [-0.39, 0.29) is 24.0 Å². The lowest BCUT2D eigenvalue weighted by Gasteiger charge is -2.12. The number of nitrogens with zero attached hydrogens (tertiary/aromatic N) is 2. The first-order valence-corrected chi connectivity index (χ1v) is 8.81. The van der Waals surface area contributed by atoms with E-state index in [2.05, 4.69) is 33.8 Å². The highest BCUT2D eigenvalue weighted by atomic mass is 127. The standard InChI is InChI=1S/C21H26N4O.HI/c1-23-21(25-16-19-8-5-7-18(14-19)15-22)24-13-4-3-6-17-9-11-20(26-2)12-10-17;/h5,7-12,14H,3-4,6,13,16H2,1-2H3,(H2,23,24,25);1H. The zero-order valence-electron chi connectivity index (χ0n) is 15.9. The third kappa shape index (κ3) is 8.31. The highest BCUT2D eigenvalue weighted by molar-refractivity contribution is 14.0. The van der Waals surface area contributed by atoms with Crippen LogP contribution in [0.5, 0.6) is 5.75 Å². The summed E-state index contributed by atoms with van der Waals surface area (Å²) < 4.78 is 5.17. The van der Waals surface area contributed by atoms with Crippen LogP contribution in [0.2, 0.25) is 0 Å². The Bertz CT molecular complexity index is 754. The number of rotatable bonds is 8. The van der Waals surface area contributed by atoms with Crippen molar-refractivity contribution < 1.29 is 4.74 Å². The molecular weight excluding hydrogens is 451 g/mol. The van der Waals surface area contributed by atoms with Gasteiger partial charge in [-0.05, 0) is 54.7 Å². The van der Waals surface area contributed by atoms with Gasteiger partial charge in [-0.1, -0.05) is 24.3 Å². The van der Waals surface area contributed by atoms with Crippen molar-refractivity contribution in [2.75, 3.05) is 20.7 Å². The van der Waals surface area contributed by atoms with E-state index in [1.165, 1.54) is 5.56 Å². The summed E-state index contributed by atoms with van der Waals surface area (Å²) in [6.45, 7) is 1.51. The van der Waals surface area contributed by atoms with Crippen molar-refractivity contribution in [3.05, 3.63) is 65.2 Å². The molecular formula is C21H27IN4O. The first-order chi connectivity index (χ1) is 12.7. The number of hydrogen-bond acceptors (Lipinski definition) is 3. The van der Waals surface area contributed by atoms with Crippen LogP contribution in [-0.4, -0.2) is 26.7 Å². The zero-order chi connectivity index (χ0) is 18.6. The molecule has 0 unspecified atom stereocenters. The number of methoxy groups -OCH3 is 1. The van der Waals surface area contributed by atoms with Gasteiger partial charge in [0, 0.05) is 20.1 Å². The van der Waals surface area contributed by atoms with Crippen LogP contribution in [0.1, 0.15) is 29.5 Å². The van der Waals surface area contributed by atoms with Gasteiger partial charge in [-0.15, -0.1) is 24.0 Å². The van der Waals surface area contributed by atoms with Crippen molar-refractivity contribution in [1.82, 2.24) is 10.6 Å². The highest BCUT2D eigenvalue weighted by Crippen LogP contribution is 2.13. The van der Waals surface area contributed by atoms with Gasteiger partial charge in [-0.2, -0.15) is 5.26 Å². The number of unbranched alkanes of at least 4 members (excludes halogenated alkanes) is 1. The molecule has 0 aliphatic carbocycles. The minimum atomic E-state index is 0. The molecule has 0 bridgehead atoms. The molecule has 0 saturated carbocycles. The van der Waals surface area contributed by atoms with Crippen LogP contribution in [0.4, 0.5) is 0 Å². The fourth-order valence-electron chi connectivity index (χ4n) is 2.61. The average Bonchev–Trinajstić information content (AvgIpc) is 2.70. The molecule has 2 aromatic carbocycles. The van der Waals surface area contributed by atoms with Crippen LogP contribution in [-0.2, 0) is 13.0 Å². The van der Waals surface area contributed by atoms with E-state index in [1.807, 2.05) is 30.3 Å². The van der Waals surface area contributed by atoms with Gasteiger partial charge < -0.3 is 15.4 Å². The summed E-state index contributed by atoms with van der Waals surface area (Å²) in [5.41, 5.74) is 3.06. The Morgan fingerprint density at radius 2 is 1.85 bits per heavy atom. The van der Waals surface area contributed by atoms with Gasteiger partial charge in [-0.25, -0.2) is 0 Å². The van der Waals surface area contributed by atoms with E-state index < -0.39 is 0 Å². The predicted molar refractivity (Wildman–Crippen MR) is 121 cm³/mol. The first-order valence-electron chi connectivity index (χ1n) is 8.81. The summed E-state index contributed by atoms with van der Waals surface area (Å²) in [5, 5.41) is 15.5. The summed E-state index contributed by atoms with van der Waals surface area (Å²) in [6.07, 6.45) is 3.23. The number of aliphatic imine (C=N–C) groups is 1. The quantitative estimate of drug-likeness (QED) is 0.262. The van der Waals surface area contributed by atoms with Crippen LogP contribution in [0, 0.1) is 11.3 Å². The lowest BCUT2D eigenvalue weighted by Crippen LogP contribution is -2.37. The van der Waals surface area contributed by atoms with Crippen LogP contribution in [0.15, 0.2) is 53.5 Å². The Balaban J connectivity index is 0.00000364. The van der Waals surface area contributed by atoms with Crippen molar-refractivity contribution in [3.8, 4) is 11.8 Å². The third-order valence-electron chi connectivity index (χ3n) is 4.08. The van der Waals surface area contributed by atoms with Gasteiger partial charge in [0.15, 0.2) is 5.96 Å². The molecule has 27 heavy (non-hydrogen) atoms. The number of aryl methyl sites for hydroxylation is 1. The third-order valence-corrected chi connectivity index (χ3v) is 4.08. The SMILES string of the molecule is CN=C(NCCCCc1ccc(OC)cc1)NCc1cccc(C#N)c1.I. The van der Waals surface area contributed by atoms with E-state index in [0.29, 0.717) is 12.1 Å². The van der Waals surface area contributed by atoms with Gasteiger partial charge in [0.2, 0.25) is 0 Å². The molecule has 0 saturated heterocycles. The fraction of sp³-hybridized carbons (Fsp3) is 0.333. The van der Waals surface area contributed by atoms with Crippen molar-refractivity contribution >= 4 is 29.9 Å². The Kier molecular flexibility index (Phi) is 10.9. The van der Waals surface area contributed by atoms with Crippen molar-refractivity contribution in [3.63, 3.8) is 0 Å². The van der Waals surface area contributed by atoms with E-state index in [1.54, 1.807) is 20.2 Å². The topological polar surface area (TPSA) is 69.4 Å². The molecule has 0 atom stereocenters. The second kappa shape index (κ2) is 13.0. The Morgan fingerprint density at radius 3 is 2.52 bits per heavy atom. The van der Waals surface area contributed by atoms with E-state index >= 15 is 0 Å². The predicted octanol–water partition coefficient (Wildman–Crippen LogP) is 3.87. The van der Waals surface area contributed by atoms with Crippen molar-refractivity contribution in [1.29, 1.82) is 5.26 Å². The number of guanidine groups is 1. The lowest BCUT2D eigenvalue weighted by molar-refractivity contribution is 0.414. The summed E-state index contributed by atoms with van der Waals surface area (Å²) in [6, 6.07) is 18.0. The summed E-state index contributed by atoms with van der Waals surface area (Å²) in [7, 11) is 3.44. The Hall–Kier alpha value is -2.27. The number of nitriles is 1. The molecule has 6 heteroatoms. The largest absolute Gasteiger partial charge is 0.497 e. The molecule has 144 valence electrons. The second-order valence-electron chi connectivity index (χ2n) is 5.97. The molecule has 0 aliphatic rings. The maximum atomic E-state index is 8.95. The molecule has 2 aromatic rings. The van der Waals surface area contributed by atoms with Gasteiger partial charge >= 0.3 is 0 Å². The number of halogens is 1. The molecule has 0 aliphatic heterocycles. The van der Waals surface area contributed by atoms with E-state index in [9.17, 15) is 0 Å². The highest BCUT2D eigenvalue weighted by Gasteiger charge is 2.00. The van der Waals surface area contributed by atoms with Gasteiger partial charge in [0.05, 0.1) is 18.7 Å². The minimum Gasteiger partial charge on any atom is -0.497 e. The second-order valence-corrected chi connectivity index (χ2v) is 5.97. The van der Waals surface area contributed by atoms with Gasteiger partial charge in [-0.3, -0.25) is 4.99 Å². The van der Waals surface area contributed by atoms with Crippen LogP contribution in [0.3, 0.4) is 0 Å². The molecule has 0 amide bonds. The maximum absolute atomic E-state index is 8.95. The summed E-state index contributed by atoms with van der Waals surface area (Å²) >= 11 is 0. The summed E-state index contributed by atoms with van der Waals surface area (Å²) in [5.74, 6) is 1.67. The number of nitrogens with one attached hydrogen (secondary N) is 2. The average molecular weight is 478 g/mol. The molecule has 0 aromatic heterocycles. The Morgan fingerprint density at radius 1 is 1.07 bits per heavy atom. The lowest BCUT2D eigenvalue weighted by atomic mass is 10.1. The normalized spacial score (nSPS) is 10.5. The maximum Gasteiger partial charge on any atom is 0.191 e. The Labute approximate surface area is 178 Å². The van der Waals surface area contributed by atoms with E-state index in [0.717, 1.165) is 43.1 Å². The van der Waals surface area contributed by atoms with E-state index in [4.69, 9.17) is 10.00 Å². The molecule has 5 nitrogen and oxygen atoms in total. The number of ether oxygens (including phenoxy) is 1. The van der Waals surface area contributed by atoms with Gasteiger partial charge in [0.25, 0.3) is 0 Å². The monoisotopic (exact) mass is 478 g/mol. The molecule has 0 radical (unpaired) electrons. The van der Waals surface area contributed by atoms with Crippen LogP contribution >= 0.6 is 24.0 Å². The van der Waals surface area contributed by atoms with Gasteiger partial charge in [0.1, 0.15) is 5.75 Å². The molecule has 0 fully saturated rings. The fourth-order valence-corrected chi connectivity index (χ4v) is 2.61. The summed E-state index contributed by atoms with van der Waals surface area (Å²) in [4.78, 5) is 4.24. The minimum absolute atomic E-state index is 0. The van der Waals surface area contributed by atoms with Crippen molar-refractivity contribution in [2.24, 2.45) is 4.99 Å². The van der Waals surface area contributed by atoms with Crippen LogP contribution < -0.4 is 15.4 Å². The van der Waals surface area contributed by atoms with Crippen LogP contribution in [0.25, 0.3) is 0 Å². The molecule has 0 spiro atoms. The number of hydrogen-bond donors (Lipinski definition) is 2. The smallest absolute Gasteiger partial charge is 0.191 e. The first kappa shape index (κ1) is 22.8. The molecule has 2 rings (SSSR count).